The van der Waals surface area contributed by atoms with E-state index in [4.69, 9.17) is 4.74 Å². The van der Waals surface area contributed by atoms with E-state index in [1.54, 1.807) is 18.9 Å². The number of thioether (sulfide) groups is 1. The van der Waals surface area contributed by atoms with Crippen LogP contribution in [-0.2, 0) is 11.3 Å². The molecule has 156 valence electrons. The number of fused-ring (bicyclic) bond motifs is 2. The molecule has 2 heterocycles. The Kier molecular flexibility index (Phi) is 6.28. The number of hydrogen-bond donors (Lipinski definition) is 2. The monoisotopic (exact) mass is 422 g/mol. The van der Waals surface area contributed by atoms with E-state index in [0.29, 0.717) is 13.0 Å². The lowest BCUT2D eigenvalue weighted by molar-refractivity contribution is -0.122. The summed E-state index contributed by atoms with van der Waals surface area (Å²) in [7, 11) is 1.66. The summed E-state index contributed by atoms with van der Waals surface area (Å²) in [6.07, 6.45) is 5.33. The zero-order valence-electron chi connectivity index (χ0n) is 17.2. The molecule has 0 aliphatic carbocycles. The smallest absolute Gasteiger partial charge is 0.222 e. The van der Waals surface area contributed by atoms with Crippen LogP contribution in [0.1, 0.15) is 24.7 Å². The largest absolute Gasteiger partial charge is 0.497 e. The summed E-state index contributed by atoms with van der Waals surface area (Å²) in [5.41, 5.74) is 3.01. The first-order chi connectivity index (χ1) is 14.7. The summed E-state index contributed by atoms with van der Waals surface area (Å²) in [6, 6.07) is 15.8. The first kappa shape index (κ1) is 20.3. The molecule has 0 radical (unpaired) electrons. The van der Waals surface area contributed by atoms with Crippen molar-refractivity contribution in [3.8, 4) is 5.75 Å². The topological polar surface area (TPSA) is 71.9 Å². The molecule has 2 aromatic carbocycles. The minimum atomic E-state index is -0.122. The summed E-state index contributed by atoms with van der Waals surface area (Å²) in [6.45, 7) is 0.622. The number of aromatic nitrogens is 3. The van der Waals surface area contributed by atoms with Gasteiger partial charge in [-0.15, -0.1) is 0 Å². The average molecular weight is 423 g/mol. The SMILES string of the molecule is COc1ccc2c(ccn2CCC(=O)N[C@@H](CCSC)c2nc3ccccc3[nH]2)c1. The van der Waals surface area contributed by atoms with Crippen molar-refractivity contribution in [1.29, 1.82) is 0 Å². The quantitative estimate of drug-likeness (QED) is 0.416. The molecule has 0 bridgehead atoms. The molecule has 0 unspecified atom stereocenters. The number of benzene rings is 2. The predicted octanol–water partition coefficient (Wildman–Crippen LogP) is 4.53. The van der Waals surface area contributed by atoms with Crippen LogP contribution in [0.4, 0.5) is 0 Å². The summed E-state index contributed by atoms with van der Waals surface area (Å²) in [4.78, 5) is 20.8. The number of carbonyl (C=O) groups excluding carboxylic acids is 1. The van der Waals surface area contributed by atoms with Crippen molar-refractivity contribution in [2.75, 3.05) is 19.1 Å². The van der Waals surface area contributed by atoms with Gasteiger partial charge in [-0.25, -0.2) is 4.98 Å². The van der Waals surface area contributed by atoms with E-state index < -0.39 is 0 Å². The van der Waals surface area contributed by atoms with Gasteiger partial charge in [0, 0.05) is 30.1 Å². The number of aryl methyl sites for hydroxylation is 1. The molecule has 0 saturated heterocycles. The van der Waals surface area contributed by atoms with Crippen molar-refractivity contribution >= 4 is 39.6 Å². The summed E-state index contributed by atoms with van der Waals surface area (Å²) in [5.74, 6) is 2.63. The average Bonchev–Trinajstić information content (AvgIpc) is 3.38. The van der Waals surface area contributed by atoms with Gasteiger partial charge < -0.3 is 19.6 Å². The van der Waals surface area contributed by atoms with Crippen molar-refractivity contribution in [2.24, 2.45) is 0 Å². The maximum absolute atomic E-state index is 12.7. The number of rotatable bonds is 9. The third-order valence-corrected chi connectivity index (χ3v) is 5.89. The zero-order chi connectivity index (χ0) is 20.9. The maximum Gasteiger partial charge on any atom is 0.222 e. The molecule has 4 aromatic rings. The van der Waals surface area contributed by atoms with Gasteiger partial charge in [0.2, 0.25) is 5.91 Å². The standard InChI is InChI=1S/C23H26N4O2S/c1-29-17-7-8-21-16(15-17)9-12-27(21)13-10-22(28)24-20(11-14-30-2)23-25-18-5-3-4-6-19(18)26-23/h3-9,12,15,20H,10-11,13-14H2,1-2H3,(H,24,28)(H,25,26)/t20-/m0/s1. The normalized spacial score (nSPS) is 12.3. The van der Waals surface area contributed by atoms with Crippen LogP contribution in [-0.4, -0.2) is 39.6 Å². The van der Waals surface area contributed by atoms with Crippen LogP contribution in [0, 0.1) is 0 Å². The fourth-order valence-corrected chi connectivity index (χ4v) is 4.11. The van der Waals surface area contributed by atoms with Crippen molar-refractivity contribution in [1.82, 2.24) is 19.9 Å². The molecule has 2 N–H and O–H groups in total. The molecule has 6 nitrogen and oxygen atoms in total. The molecule has 0 aliphatic rings. The highest BCUT2D eigenvalue weighted by Gasteiger charge is 2.18. The molecular formula is C23H26N4O2S. The maximum atomic E-state index is 12.7. The number of nitrogens with zero attached hydrogens (tertiary/aromatic N) is 2. The fourth-order valence-electron chi connectivity index (χ4n) is 3.64. The first-order valence-corrected chi connectivity index (χ1v) is 11.4. The highest BCUT2D eigenvalue weighted by Crippen LogP contribution is 2.23. The van der Waals surface area contributed by atoms with Crippen LogP contribution in [0.25, 0.3) is 21.9 Å². The molecule has 7 heteroatoms. The summed E-state index contributed by atoms with van der Waals surface area (Å²) >= 11 is 1.77. The van der Waals surface area contributed by atoms with Gasteiger partial charge in [-0.2, -0.15) is 11.8 Å². The number of carbonyl (C=O) groups is 1. The Morgan fingerprint density at radius 3 is 2.93 bits per heavy atom. The number of ether oxygens (including phenoxy) is 1. The Bertz CT molecular complexity index is 1120. The van der Waals surface area contributed by atoms with E-state index in [-0.39, 0.29) is 11.9 Å². The third-order valence-electron chi connectivity index (χ3n) is 5.24. The van der Waals surface area contributed by atoms with Gasteiger partial charge in [0.15, 0.2) is 0 Å². The molecule has 1 amide bonds. The van der Waals surface area contributed by atoms with Gasteiger partial charge in [-0.3, -0.25) is 4.79 Å². The number of imidazole rings is 1. The lowest BCUT2D eigenvalue weighted by Crippen LogP contribution is -2.30. The molecule has 0 spiro atoms. The van der Waals surface area contributed by atoms with Gasteiger partial charge in [0.25, 0.3) is 0 Å². The Morgan fingerprint density at radius 1 is 1.27 bits per heavy atom. The van der Waals surface area contributed by atoms with Crippen LogP contribution in [0.3, 0.4) is 0 Å². The summed E-state index contributed by atoms with van der Waals surface area (Å²) < 4.78 is 7.39. The predicted molar refractivity (Wildman–Crippen MR) is 123 cm³/mol. The number of hydrogen-bond acceptors (Lipinski definition) is 4. The molecule has 1 atom stereocenters. The minimum Gasteiger partial charge on any atom is -0.497 e. The number of H-pyrrole nitrogens is 1. The molecule has 0 aliphatic heterocycles. The second-order valence-corrected chi connectivity index (χ2v) is 8.21. The second kappa shape index (κ2) is 9.26. The number of nitrogens with one attached hydrogen (secondary N) is 2. The van der Waals surface area contributed by atoms with Crippen LogP contribution in [0.15, 0.2) is 54.7 Å². The van der Waals surface area contributed by atoms with E-state index in [0.717, 1.165) is 45.7 Å². The Morgan fingerprint density at radius 2 is 2.13 bits per heavy atom. The van der Waals surface area contributed by atoms with E-state index in [1.807, 2.05) is 54.7 Å². The second-order valence-electron chi connectivity index (χ2n) is 7.22. The molecule has 0 fully saturated rings. The van der Waals surface area contributed by atoms with E-state index in [9.17, 15) is 4.79 Å². The molecule has 30 heavy (non-hydrogen) atoms. The van der Waals surface area contributed by atoms with Gasteiger partial charge >= 0.3 is 0 Å². The minimum absolute atomic E-state index is 0.0249. The van der Waals surface area contributed by atoms with Crippen molar-refractivity contribution in [3.63, 3.8) is 0 Å². The highest BCUT2D eigenvalue weighted by atomic mass is 32.2. The van der Waals surface area contributed by atoms with Gasteiger partial charge in [-0.05, 0) is 54.8 Å². The Labute approximate surface area is 180 Å². The molecule has 0 saturated carbocycles. The van der Waals surface area contributed by atoms with Gasteiger partial charge in [0.05, 0.1) is 24.2 Å². The fraction of sp³-hybridized carbons (Fsp3) is 0.304. The summed E-state index contributed by atoms with van der Waals surface area (Å²) in [5, 5.41) is 4.28. The van der Waals surface area contributed by atoms with Crippen molar-refractivity contribution in [3.05, 3.63) is 60.6 Å². The van der Waals surface area contributed by atoms with Crippen LogP contribution in [0.5, 0.6) is 5.75 Å². The lowest BCUT2D eigenvalue weighted by Gasteiger charge is -2.16. The van der Waals surface area contributed by atoms with E-state index >= 15 is 0 Å². The highest BCUT2D eigenvalue weighted by molar-refractivity contribution is 7.98. The van der Waals surface area contributed by atoms with E-state index in [2.05, 4.69) is 26.1 Å². The first-order valence-electron chi connectivity index (χ1n) is 10.0. The molecule has 2 aromatic heterocycles. The number of aromatic amines is 1. The molecular weight excluding hydrogens is 396 g/mol. The third kappa shape index (κ3) is 4.46. The van der Waals surface area contributed by atoms with Crippen molar-refractivity contribution in [2.45, 2.75) is 25.4 Å². The van der Waals surface area contributed by atoms with E-state index in [1.165, 1.54) is 0 Å². The van der Waals surface area contributed by atoms with Gasteiger partial charge in [0.1, 0.15) is 11.6 Å². The van der Waals surface area contributed by atoms with Crippen molar-refractivity contribution < 1.29 is 9.53 Å². The lowest BCUT2D eigenvalue weighted by atomic mass is 10.2. The van der Waals surface area contributed by atoms with Crippen LogP contribution in [0.2, 0.25) is 0 Å². The number of para-hydroxylation sites is 2. The number of methoxy groups -OCH3 is 1. The van der Waals surface area contributed by atoms with Crippen LogP contribution >= 0.6 is 11.8 Å². The molecule has 4 rings (SSSR count). The number of amides is 1. The zero-order valence-corrected chi connectivity index (χ0v) is 18.0. The van der Waals surface area contributed by atoms with Gasteiger partial charge in [-0.1, -0.05) is 12.1 Å². The Balaban J connectivity index is 1.43. The Hall–Kier alpha value is -2.93. The van der Waals surface area contributed by atoms with Crippen LogP contribution < -0.4 is 10.1 Å².